The van der Waals surface area contributed by atoms with Gasteiger partial charge in [0.15, 0.2) is 5.82 Å². The van der Waals surface area contributed by atoms with E-state index in [0.717, 1.165) is 44.1 Å². The number of carbonyl (C=O) groups excluding carboxylic acids is 1. The zero-order valence-electron chi connectivity index (χ0n) is 18.1. The molecule has 1 N–H and O–H groups in total. The molecular formula is C24H29N5O2. The minimum absolute atomic E-state index is 0.118. The Morgan fingerprint density at radius 2 is 1.84 bits per heavy atom. The Morgan fingerprint density at radius 3 is 2.55 bits per heavy atom. The number of hydrogen-bond donors (Lipinski definition) is 1. The molecule has 0 bridgehead atoms. The van der Waals surface area contributed by atoms with E-state index in [2.05, 4.69) is 52.3 Å². The summed E-state index contributed by atoms with van der Waals surface area (Å²) < 4.78 is 7.20. The number of morpholine rings is 1. The molecule has 0 aliphatic carbocycles. The summed E-state index contributed by atoms with van der Waals surface area (Å²) in [6, 6.07) is 14.0. The molecule has 3 heterocycles. The minimum Gasteiger partial charge on any atom is -0.379 e. The van der Waals surface area contributed by atoms with Gasteiger partial charge in [-0.05, 0) is 29.2 Å². The van der Waals surface area contributed by atoms with Gasteiger partial charge in [-0.15, -0.1) is 0 Å². The van der Waals surface area contributed by atoms with E-state index in [0.29, 0.717) is 17.9 Å². The van der Waals surface area contributed by atoms with E-state index >= 15 is 0 Å². The van der Waals surface area contributed by atoms with Gasteiger partial charge in [0.1, 0.15) is 0 Å². The van der Waals surface area contributed by atoms with E-state index in [9.17, 15) is 4.79 Å². The molecule has 1 amide bonds. The molecule has 7 nitrogen and oxygen atoms in total. The summed E-state index contributed by atoms with van der Waals surface area (Å²) in [5, 5.41) is 7.55. The highest BCUT2D eigenvalue weighted by atomic mass is 16.5. The molecule has 7 heteroatoms. The Hall–Kier alpha value is -3.03. The van der Waals surface area contributed by atoms with Crippen molar-refractivity contribution in [1.82, 2.24) is 25.0 Å². The maximum Gasteiger partial charge on any atom is 0.255 e. The third-order valence-electron chi connectivity index (χ3n) is 5.52. The van der Waals surface area contributed by atoms with Crippen LogP contribution >= 0.6 is 0 Å². The van der Waals surface area contributed by atoms with E-state index in [1.165, 1.54) is 5.56 Å². The molecule has 4 rings (SSSR count). The molecule has 1 aliphatic heterocycles. The highest BCUT2D eigenvalue weighted by Crippen LogP contribution is 2.22. The molecule has 0 radical (unpaired) electrons. The van der Waals surface area contributed by atoms with Gasteiger partial charge >= 0.3 is 0 Å². The Kier molecular flexibility index (Phi) is 6.74. The number of hydrogen-bond acceptors (Lipinski definition) is 5. The maximum absolute atomic E-state index is 13.1. The van der Waals surface area contributed by atoms with Crippen LogP contribution in [0.5, 0.6) is 0 Å². The van der Waals surface area contributed by atoms with E-state index < -0.39 is 0 Å². The second-order valence-electron chi connectivity index (χ2n) is 8.04. The van der Waals surface area contributed by atoms with Crippen LogP contribution in [0.2, 0.25) is 0 Å². The summed E-state index contributed by atoms with van der Waals surface area (Å²) >= 11 is 0. The number of ether oxygens (including phenoxy) is 1. The Bertz CT molecular complexity index is 1010. The Labute approximate surface area is 183 Å². The zero-order chi connectivity index (χ0) is 21.6. The first-order valence-corrected chi connectivity index (χ1v) is 10.8. The van der Waals surface area contributed by atoms with Gasteiger partial charge in [-0.3, -0.25) is 9.69 Å². The molecule has 1 saturated heterocycles. The molecule has 31 heavy (non-hydrogen) atoms. The first kappa shape index (κ1) is 21.2. The highest BCUT2D eigenvalue weighted by Gasteiger charge is 2.21. The van der Waals surface area contributed by atoms with Crippen molar-refractivity contribution < 1.29 is 9.53 Å². The van der Waals surface area contributed by atoms with Crippen molar-refractivity contribution in [1.29, 1.82) is 0 Å². The third-order valence-corrected chi connectivity index (χ3v) is 5.52. The lowest BCUT2D eigenvalue weighted by atomic mass is 10.0. The number of rotatable bonds is 7. The monoisotopic (exact) mass is 419 g/mol. The number of nitrogens with one attached hydrogen (secondary N) is 1. The fourth-order valence-electron chi connectivity index (χ4n) is 3.91. The lowest BCUT2D eigenvalue weighted by Gasteiger charge is -2.27. The zero-order valence-corrected chi connectivity index (χ0v) is 18.1. The van der Waals surface area contributed by atoms with Gasteiger partial charge in [0.25, 0.3) is 5.91 Å². The summed E-state index contributed by atoms with van der Waals surface area (Å²) in [4.78, 5) is 19.8. The van der Waals surface area contributed by atoms with Crippen LogP contribution in [0, 0.1) is 0 Å². The number of amides is 1. The largest absolute Gasteiger partial charge is 0.379 e. The predicted octanol–water partition coefficient (Wildman–Crippen LogP) is 3.15. The molecule has 0 saturated carbocycles. The third kappa shape index (κ3) is 5.00. The first-order valence-electron chi connectivity index (χ1n) is 10.8. The van der Waals surface area contributed by atoms with E-state index in [1.54, 1.807) is 17.1 Å². The predicted molar refractivity (Wildman–Crippen MR) is 119 cm³/mol. The fraction of sp³-hybridized carbons (Fsp3) is 0.375. The van der Waals surface area contributed by atoms with Crippen molar-refractivity contribution in [2.45, 2.75) is 32.9 Å². The van der Waals surface area contributed by atoms with Crippen LogP contribution in [0.1, 0.15) is 46.9 Å². The summed E-state index contributed by atoms with van der Waals surface area (Å²) in [6.45, 7) is 8.89. The van der Waals surface area contributed by atoms with Gasteiger partial charge in [0.05, 0.1) is 30.7 Å². The summed E-state index contributed by atoms with van der Waals surface area (Å²) in [7, 11) is 0. The van der Waals surface area contributed by atoms with Crippen molar-refractivity contribution in [2.75, 3.05) is 26.3 Å². The van der Waals surface area contributed by atoms with Gasteiger partial charge < -0.3 is 10.1 Å². The van der Waals surface area contributed by atoms with Crippen LogP contribution in [-0.2, 0) is 17.8 Å². The van der Waals surface area contributed by atoms with Crippen LogP contribution in [0.25, 0.3) is 5.82 Å². The normalized spacial score (nSPS) is 14.7. The Balaban J connectivity index is 1.49. The molecule has 162 valence electrons. The van der Waals surface area contributed by atoms with Crippen LogP contribution in [0.3, 0.4) is 0 Å². The highest BCUT2D eigenvalue weighted by molar-refractivity contribution is 5.95. The number of carbonyl (C=O) groups is 1. The van der Waals surface area contributed by atoms with Crippen LogP contribution in [-0.4, -0.2) is 51.9 Å². The van der Waals surface area contributed by atoms with Gasteiger partial charge in [-0.25, -0.2) is 9.67 Å². The lowest BCUT2D eigenvalue weighted by molar-refractivity contribution is 0.0340. The average Bonchev–Trinajstić information content (AvgIpc) is 3.25. The standard InChI is InChI=1S/C24H29N5O2/c1-18(2)23-21(16-27-29(23)22-9-5-6-10-25-22)24(30)26-15-19-7-3-4-8-20(19)17-28-11-13-31-14-12-28/h3-10,16,18H,11-15,17H2,1-2H3,(H,26,30). The second-order valence-corrected chi connectivity index (χ2v) is 8.04. The molecule has 0 unspecified atom stereocenters. The van der Waals surface area contributed by atoms with Crippen LogP contribution in [0.4, 0.5) is 0 Å². The summed E-state index contributed by atoms with van der Waals surface area (Å²) in [6.07, 6.45) is 3.37. The number of pyridine rings is 1. The number of nitrogens with zero attached hydrogens (tertiary/aromatic N) is 4. The van der Waals surface area contributed by atoms with Gasteiger partial charge in [-0.2, -0.15) is 5.10 Å². The first-order chi connectivity index (χ1) is 15.1. The molecule has 1 aliphatic rings. The molecule has 2 aromatic heterocycles. The molecule has 1 fully saturated rings. The Morgan fingerprint density at radius 1 is 1.10 bits per heavy atom. The minimum atomic E-state index is -0.118. The number of aromatic nitrogens is 3. The quantitative estimate of drug-likeness (QED) is 0.637. The van der Waals surface area contributed by atoms with Gasteiger partial charge in [0, 0.05) is 32.4 Å². The van der Waals surface area contributed by atoms with Crippen LogP contribution < -0.4 is 5.32 Å². The van der Waals surface area contributed by atoms with E-state index in [1.807, 2.05) is 24.3 Å². The van der Waals surface area contributed by atoms with Crippen molar-refractivity contribution in [3.63, 3.8) is 0 Å². The maximum atomic E-state index is 13.1. The van der Waals surface area contributed by atoms with Crippen molar-refractivity contribution in [2.24, 2.45) is 0 Å². The number of benzene rings is 1. The molecular weight excluding hydrogens is 390 g/mol. The molecule has 3 aromatic rings. The van der Waals surface area contributed by atoms with Crippen molar-refractivity contribution >= 4 is 5.91 Å². The molecule has 1 aromatic carbocycles. The molecule has 0 spiro atoms. The van der Waals surface area contributed by atoms with Crippen LogP contribution in [0.15, 0.2) is 54.9 Å². The second kappa shape index (κ2) is 9.85. The lowest BCUT2D eigenvalue weighted by Crippen LogP contribution is -2.36. The average molecular weight is 420 g/mol. The molecule has 0 atom stereocenters. The SMILES string of the molecule is CC(C)c1c(C(=O)NCc2ccccc2CN2CCOCC2)cnn1-c1ccccn1. The van der Waals surface area contributed by atoms with E-state index in [4.69, 9.17) is 4.74 Å². The summed E-state index contributed by atoms with van der Waals surface area (Å²) in [5.74, 6) is 0.715. The van der Waals surface area contributed by atoms with E-state index in [-0.39, 0.29) is 11.8 Å². The van der Waals surface area contributed by atoms with Gasteiger partial charge in [-0.1, -0.05) is 44.2 Å². The van der Waals surface area contributed by atoms with Gasteiger partial charge in [0.2, 0.25) is 0 Å². The topological polar surface area (TPSA) is 72.3 Å². The fourth-order valence-corrected chi connectivity index (χ4v) is 3.91. The summed E-state index contributed by atoms with van der Waals surface area (Å²) in [5.41, 5.74) is 3.81. The van der Waals surface area contributed by atoms with Crippen molar-refractivity contribution in [3.8, 4) is 5.82 Å². The van der Waals surface area contributed by atoms with Crippen molar-refractivity contribution in [3.05, 3.63) is 77.2 Å². The smallest absolute Gasteiger partial charge is 0.255 e.